The minimum Gasteiger partial charge on any atom is -0.309 e. The monoisotopic (exact) mass is 343 g/mol. The van der Waals surface area contributed by atoms with Crippen LogP contribution in [-0.4, -0.2) is 17.3 Å². The highest BCUT2D eigenvalue weighted by atomic mass is 32.2. The lowest BCUT2D eigenvalue weighted by atomic mass is 10.1. The average molecular weight is 343 g/mol. The number of thioether (sulfide) groups is 1. The molecule has 0 heterocycles. The second-order valence-corrected chi connectivity index (χ2v) is 6.24. The van der Waals surface area contributed by atoms with Crippen LogP contribution in [0.15, 0.2) is 54.6 Å². The summed E-state index contributed by atoms with van der Waals surface area (Å²) in [6, 6.07) is 15.0. The van der Waals surface area contributed by atoms with E-state index in [1.807, 2.05) is 30.3 Å². The van der Waals surface area contributed by atoms with Gasteiger partial charge in [-0.2, -0.15) is 13.2 Å². The Bertz CT molecular complexity index is 601. The highest BCUT2D eigenvalue weighted by Gasteiger charge is 2.29. The number of halogens is 4. The normalized spacial score (nSPS) is 13.0. The molecule has 0 saturated heterocycles. The summed E-state index contributed by atoms with van der Waals surface area (Å²) in [5.74, 6) is -0.443. The van der Waals surface area contributed by atoms with Crippen molar-refractivity contribution in [3.8, 4) is 0 Å². The van der Waals surface area contributed by atoms with Gasteiger partial charge in [-0.1, -0.05) is 42.5 Å². The second kappa shape index (κ2) is 8.36. The van der Waals surface area contributed by atoms with Crippen LogP contribution in [0.4, 0.5) is 17.6 Å². The molecule has 2 aromatic carbocycles. The Hall–Kier alpha value is -1.53. The first-order valence-electron chi connectivity index (χ1n) is 7.15. The van der Waals surface area contributed by atoms with Crippen LogP contribution < -0.4 is 5.32 Å². The van der Waals surface area contributed by atoms with Crippen molar-refractivity contribution < 1.29 is 17.6 Å². The molecule has 0 aliphatic carbocycles. The molecule has 1 unspecified atom stereocenters. The van der Waals surface area contributed by atoms with Crippen molar-refractivity contribution in [2.75, 3.05) is 5.75 Å². The molecule has 0 fully saturated rings. The fourth-order valence-corrected chi connectivity index (χ4v) is 2.82. The Kier molecular flexibility index (Phi) is 6.47. The summed E-state index contributed by atoms with van der Waals surface area (Å²) in [6.07, 6.45) is 0.485. The van der Waals surface area contributed by atoms with Crippen molar-refractivity contribution in [2.24, 2.45) is 0 Å². The minimum absolute atomic E-state index is 0.0374. The standard InChI is InChI=1S/C17H17F4NS/c18-15-8-4-7-14(9-15)11-22-16(12-23-17(19,20)21)10-13-5-2-1-3-6-13/h1-9,16,22H,10-12H2. The SMILES string of the molecule is Fc1cccc(CNC(CSC(F)(F)F)Cc2ccccc2)c1. The molecule has 124 valence electrons. The second-order valence-electron chi connectivity index (χ2n) is 5.15. The van der Waals surface area contributed by atoms with Crippen molar-refractivity contribution in [3.63, 3.8) is 0 Å². The Morgan fingerprint density at radius 3 is 2.30 bits per heavy atom. The van der Waals surface area contributed by atoms with E-state index >= 15 is 0 Å². The summed E-state index contributed by atoms with van der Waals surface area (Å²) in [6.45, 7) is 0.327. The molecule has 1 atom stereocenters. The van der Waals surface area contributed by atoms with Gasteiger partial charge in [-0.05, 0) is 41.4 Å². The number of alkyl halides is 3. The molecular weight excluding hydrogens is 326 g/mol. The fourth-order valence-electron chi connectivity index (χ4n) is 2.19. The first kappa shape index (κ1) is 17.8. The van der Waals surface area contributed by atoms with Gasteiger partial charge in [-0.15, -0.1) is 0 Å². The number of hydrogen-bond donors (Lipinski definition) is 1. The van der Waals surface area contributed by atoms with Gasteiger partial charge in [0.1, 0.15) is 5.82 Å². The molecule has 0 radical (unpaired) electrons. The molecule has 0 spiro atoms. The van der Waals surface area contributed by atoms with Crippen molar-refractivity contribution in [2.45, 2.75) is 24.5 Å². The van der Waals surface area contributed by atoms with Crippen LogP contribution in [0.5, 0.6) is 0 Å². The number of rotatable bonds is 7. The van der Waals surface area contributed by atoms with Crippen molar-refractivity contribution >= 4 is 11.8 Å². The topological polar surface area (TPSA) is 12.0 Å². The van der Waals surface area contributed by atoms with Gasteiger partial charge < -0.3 is 5.32 Å². The van der Waals surface area contributed by atoms with Gasteiger partial charge in [0.05, 0.1) is 0 Å². The molecule has 0 aliphatic heterocycles. The van der Waals surface area contributed by atoms with Gasteiger partial charge in [-0.3, -0.25) is 0 Å². The summed E-state index contributed by atoms with van der Waals surface area (Å²) in [7, 11) is 0. The van der Waals surface area contributed by atoms with Crippen molar-refractivity contribution in [1.82, 2.24) is 5.32 Å². The zero-order valence-corrected chi connectivity index (χ0v) is 13.1. The number of nitrogens with one attached hydrogen (secondary N) is 1. The fraction of sp³-hybridized carbons (Fsp3) is 0.294. The molecule has 0 aromatic heterocycles. The first-order valence-corrected chi connectivity index (χ1v) is 8.13. The predicted molar refractivity (Wildman–Crippen MR) is 85.7 cm³/mol. The highest BCUT2D eigenvalue weighted by molar-refractivity contribution is 8.00. The van der Waals surface area contributed by atoms with Gasteiger partial charge in [0, 0.05) is 18.3 Å². The third-order valence-electron chi connectivity index (χ3n) is 3.26. The number of benzene rings is 2. The smallest absolute Gasteiger partial charge is 0.309 e. The minimum atomic E-state index is -4.25. The maximum absolute atomic E-state index is 13.2. The molecule has 2 aromatic rings. The number of hydrogen-bond acceptors (Lipinski definition) is 2. The van der Waals surface area contributed by atoms with Crippen LogP contribution >= 0.6 is 11.8 Å². The van der Waals surface area contributed by atoms with Crippen LogP contribution in [-0.2, 0) is 13.0 Å². The van der Waals surface area contributed by atoms with E-state index in [-0.39, 0.29) is 29.4 Å². The third-order valence-corrected chi connectivity index (χ3v) is 4.15. The summed E-state index contributed by atoms with van der Waals surface area (Å²) in [5.41, 5.74) is -2.58. The van der Waals surface area contributed by atoms with Gasteiger partial charge in [0.15, 0.2) is 0 Å². The summed E-state index contributed by atoms with van der Waals surface area (Å²) >= 11 is -0.0374. The summed E-state index contributed by atoms with van der Waals surface area (Å²) < 4.78 is 50.5. The summed E-state index contributed by atoms with van der Waals surface area (Å²) in [5, 5.41) is 3.10. The molecule has 0 amide bonds. The lowest BCUT2D eigenvalue weighted by Crippen LogP contribution is -2.34. The maximum Gasteiger partial charge on any atom is 0.441 e. The molecule has 1 N–H and O–H groups in total. The lowest BCUT2D eigenvalue weighted by Gasteiger charge is -2.19. The Balaban J connectivity index is 1.97. The molecule has 0 bridgehead atoms. The lowest BCUT2D eigenvalue weighted by molar-refractivity contribution is -0.0329. The zero-order valence-electron chi connectivity index (χ0n) is 12.3. The average Bonchev–Trinajstić information content (AvgIpc) is 2.50. The Morgan fingerprint density at radius 1 is 0.957 bits per heavy atom. The van der Waals surface area contributed by atoms with Gasteiger partial charge in [0.2, 0.25) is 0 Å². The highest BCUT2D eigenvalue weighted by Crippen LogP contribution is 2.31. The van der Waals surface area contributed by atoms with E-state index in [9.17, 15) is 17.6 Å². The van der Waals surface area contributed by atoms with E-state index in [1.54, 1.807) is 12.1 Å². The molecule has 2 rings (SSSR count). The molecule has 0 aliphatic rings. The van der Waals surface area contributed by atoms with Gasteiger partial charge in [0.25, 0.3) is 0 Å². The van der Waals surface area contributed by atoms with E-state index in [0.29, 0.717) is 18.5 Å². The Morgan fingerprint density at radius 2 is 1.65 bits per heavy atom. The van der Waals surface area contributed by atoms with Crippen LogP contribution in [0.25, 0.3) is 0 Å². The summed E-state index contributed by atoms with van der Waals surface area (Å²) in [4.78, 5) is 0. The van der Waals surface area contributed by atoms with Crippen LogP contribution in [0, 0.1) is 5.82 Å². The predicted octanol–water partition coefficient (Wildman–Crippen LogP) is 4.78. The molecular formula is C17H17F4NS. The largest absolute Gasteiger partial charge is 0.441 e. The van der Waals surface area contributed by atoms with E-state index < -0.39 is 5.51 Å². The quantitative estimate of drug-likeness (QED) is 0.726. The Labute approximate surface area is 137 Å². The van der Waals surface area contributed by atoms with Crippen molar-refractivity contribution in [3.05, 3.63) is 71.5 Å². The van der Waals surface area contributed by atoms with Crippen LogP contribution in [0.1, 0.15) is 11.1 Å². The maximum atomic E-state index is 13.2. The first-order chi connectivity index (χ1) is 10.9. The third kappa shape index (κ3) is 7.05. The van der Waals surface area contributed by atoms with Crippen LogP contribution in [0.3, 0.4) is 0 Å². The molecule has 0 saturated carbocycles. The van der Waals surface area contributed by atoms with E-state index in [2.05, 4.69) is 5.32 Å². The van der Waals surface area contributed by atoms with Gasteiger partial charge >= 0.3 is 5.51 Å². The van der Waals surface area contributed by atoms with E-state index in [4.69, 9.17) is 0 Å². The van der Waals surface area contributed by atoms with Crippen LogP contribution in [0.2, 0.25) is 0 Å². The molecule has 23 heavy (non-hydrogen) atoms. The van der Waals surface area contributed by atoms with E-state index in [1.165, 1.54) is 12.1 Å². The van der Waals surface area contributed by atoms with E-state index in [0.717, 1.165) is 5.56 Å². The molecule has 6 heteroatoms. The van der Waals surface area contributed by atoms with Gasteiger partial charge in [-0.25, -0.2) is 4.39 Å². The zero-order chi connectivity index (χ0) is 16.7. The molecule has 1 nitrogen and oxygen atoms in total. The van der Waals surface area contributed by atoms with Crippen molar-refractivity contribution in [1.29, 1.82) is 0 Å².